The Morgan fingerprint density at radius 2 is 1.15 bits per heavy atom. The largest absolute Gasteiger partial charge is 0.496 e. The van der Waals surface area contributed by atoms with Crippen molar-refractivity contribution >= 4 is 27.2 Å². The summed E-state index contributed by atoms with van der Waals surface area (Å²) in [6, 6.07) is 25.6. The number of hydrogen-bond acceptors (Lipinski definition) is 4. The zero-order chi connectivity index (χ0) is 22.4. The van der Waals surface area contributed by atoms with Crippen LogP contribution in [0.3, 0.4) is 0 Å². The Hall–Kier alpha value is -4.05. The zero-order valence-electron chi connectivity index (χ0n) is 18.7. The molecule has 4 heteroatoms. The van der Waals surface area contributed by atoms with Crippen molar-refractivity contribution in [1.29, 1.82) is 0 Å². The Morgan fingerprint density at radius 3 is 1.64 bits per heavy atom. The van der Waals surface area contributed by atoms with Gasteiger partial charge in [-0.2, -0.15) is 0 Å². The van der Waals surface area contributed by atoms with Crippen LogP contribution < -0.4 is 14.4 Å². The molecule has 4 nitrogen and oxygen atoms in total. The molecule has 0 saturated carbocycles. The summed E-state index contributed by atoms with van der Waals surface area (Å²) < 4.78 is 11.9. The third kappa shape index (κ3) is 3.10. The monoisotopic (exact) mass is 432 g/mol. The summed E-state index contributed by atoms with van der Waals surface area (Å²) in [7, 11) is 3.52. The Balaban J connectivity index is 1.79. The molecule has 1 aromatic heterocycles. The molecule has 0 N–H and O–H groups in total. The minimum atomic E-state index is 0.722. The standard InChI is InChI=1S/C29H24N2O2/c1-32-26-15-19-7-3-5-9-22(19)28-24(26)17-31(21-11-13-30-14-12-21)18-25-27(33-2)16-20-8-4-6-10-23(20)29(25)28/h3-16H,17-18H2,1-2H3. The molecule has 2 heterocycles. The van der Waals surface area contributed by atoms with Gasteiger partial charge in [0.2, 0.25) is 0 Å². The molecule has 0 saturated heterocycles. The lowest BCUT2D eigenvalue weighted by Gasteiger charge is -2.25. The summed E-state index contributed by atoms with van der Waals surface area (Å²) in [5.41, 5.74) is 5.95. The Labute approximate surface area is 193 Å². The first-order valence-corrected chi connectivity index (χ1v) is 11.1. The van der Waals surface area contributed by atoms with Gasteiger partial charge in [0, 0.05) is 42.3 Å². The van der Waals surface area contributed by atoms with Gasteiger partial charge in [0.1, 0.15) is 11.5 Å². The van der Waals surface area contributed by atoms with Crippen molar-refractivity contribution in [2.75, 3.05) is 19.1 Å². The summed E-state index contributed by atoms with van der Waals surface area (Å²) in [6.45, 7) is 1.44. The number of nitrogens with zero attached hydrogens (tertiary/aromatic N) is 2. The van der Waals surface area contributed by atoms with E-state index in [1.807, 2.05) is 12.4 Å². The van der Waals surface area contributed by atoms with Crippen LogP contribution in [-0.4, -0.2) is 19.2 Å². The van der Waals surface area contributed by atoms with Crippen molar-refractivity contribution in [3.8, 4) is 22.6 Å². The van der Waals surface area contributed by atoms with Gasteiger partial charge in [-0.25, -0.2) is 0 Å². The van der Waals surface area contributed by atoms with Crippen LogP contribution in [0.4, 0.5) is 5.69 Å². The molecule has 0 unspecified atom stereocenters. The van der Waals surface area contributed by atoms with Crippen molar-refractivity contribution in [2.45, 2.75) is 13.1 Å². The van der Waals surface area contributed by atoms with E-state index in [1.165, 1.54) is 43.8 Å². The molecule has 0 spiro atoms. The molecule has 4 aromatic carbocycles. The van der Waals surface area contributed by atoms with Gasteiger partial charge >= 0.3 is 0 Å². The second kappa shape index (κ2) is 7.82. The van der Waals surface area contributed by atoms with E-state index in [0.717, 1.165) is 30.3 Å². The fourth-order valence-corrected chi connectivity index (χ4v) is 5.15. The normalized spacial score (nSPS) is 12.8. The molecule has 0 fully saturated rings. The first kappa shape index (κ1) is 19.6. The number of anilines is 1. The van der Waals surface area contributed by atoms with E-state index in [0.29, 0.717) is 0 Å². The van der Waals surface area contributed by atoms with E-state index < -0.39 is 0 Å². The highest BCUT2D eigenvalue weighted by molar-refractivity contribution is 6.10. The Bertz CT molecular complexity index is 1400. The van der Waals surface area contributed by atoms with Crippen LogP contribution in [0.1, 0.15) is 11.1 Å². The summed E-state index contributed by atoms with van der Waals surface area (Å²) in [5, 5.41) is 4.79. The van der Waals surface area contributed by atoms with E-state index in [9.17, 15) is 0 Å². The Kier molecular flexibility index (Phi) is 4.65. The van der Waals surface area contributed by atoms with Crippen molar-refractivity contribution in [1.82, 2.24) is 4.98 Å². The number of pyridine rings is 1. The molecular formula is C29H24N2O2. The van der Waals surface area contributed by atoms with E-state index in [2.05, 4.69) is 82.7 Å². The SMILES string of the molecule is COc1cc2ccccc2c2c1CN(c1ccncc1)Cc1c(OC)cc3ccccc3c1-2. The minimum absolute atomic E-state index is 0.722. The van der Waals surface area contributed by atoms with Crippen LogP contribution in [0, 0.1) is 0 Å². The number of methoxy groups -OCH3 is 2. The van der Waals surface area contributed by atoms with Crippen LogP contribution >= 0.6 is 0 Å². The topological polar surface area (TPSA) is 34.6 Å². The number of fused-ring (bicyclic) bond motifs is 7. The van der Waals surface area contributed by atoms with Gasteiger partial charge in [0.05, 0.1) is 14.2 Å². The zero-order valence-corrected chi connectivity index (χ0v) is 18.7. The molecule has 1 aliphatic heterocycles. The van der Waals surface area contributed by atoms with Gasteiger partial charge in [-0.05, 0) is 56.9 Å². The van der Waals surface area contributed by atoms with E-state index in [-0.39, 0.29) is 0 Å². The third-order valence-corrected chi connectivity index (χ3v) is 6.65. The quantitative estimate of drug-likeness (QED) is 0.322. The maximum atomic E-state index is 5.97. The van der Waals surface area contributed by atoms with Crippen molar-refractivity contribution in [3.63, 3.8) is 0 Å². The number of benzene rings is 4. The second-order valence-corrected chi connectivity index (χ2v) is 8.37. The molecule has 1 aliphatic rings. The number of rotatable bonds is 3. The van der Waals surface area contributed by atoms with Gasteiger partial charge in [0.25, 0.3) is 0 Å². The molecule has 5 aromatic rings. The molecule has 6 rings (SSSR count). The smallest absolute Gasteiger partial charge is 0.125 e. The van der Waals surface area contributed by atoms with Gasteiger partial charge in [-0.3, -0.25) is 4.98 Å². The highest BCUT2D eigenvalue weighted by Gasteiger charge is 2.28. The summed E-state index contributed by atoms with van der Waals surface area (Å²) in [5.74, 6) is 1.81. The molecule has 0 radical (unpaired) electrons. The predicted molar refractivity (Wildman–Crippen MR) is 134 cm³/mol. The number of ether oxygens (including phenoxy) is 2. The lowest BCUT2D eigenvalue weighted by atomic mass is 9.87. The Morgan fingerprint density at radius 1 is 0.667 bits per heavy atom. The fraction of sp³-hybridized carbons (Fsp3) is 0.138. The first-order chi connectivity index (χ1) is 16.3. The highest BCUT2D eigenvalue weighted by Crippen LogP contribution is 2.48. The lowest BCUT2D eigenvalue weighted by Crippen LogP contribution is -2.21. The molecule has 0 amide bonds. The number of hydrogen-bond donors (Lipinski definition) is 0. The van der Waals surface area contributed by atoms with E-state index in [4.69, 9.17) is 9.47 Å². The maximum absolute atomic E-state index is 5.97. The van der Waals surface area contributed by atoms with Crippen LogP contribution in [0.5, 0.6) is 11.5 Å². The van der Waals surface area contributed by atoms with Crippen LogP contribution in [0.15, 0.2) is 85.2 Å². The average Bonchev–Trinajstić information content (AvgIpc) is 3.06. The molecular weight excluding hydrogens is 408 g/mol. The maximum Gasteiger partial charge on any atom is 0.125 e. The number of aromatic nitrogens is 1. The predicted octanol–water partition coefficient (Wildman–Crippen LogP) is 6.59. The van der Waals surface area contributed by atoms with Gasteiger partial charge in [0.15, 0.2) is 0 Å². The van der Waals surface area contributed by atoms with Gasteiger partial charge in [-0.1, -0.05) is 48.5 Å². The van der Waals surface area contributed by atoms with Crippen molar-refractivity contribution < 1.29 is 9.47 Å². The fourth-order valence-electron chi connectivity index (χ4n) is 5.15. The highest BCUT2D eigenvalue weighted by atomic mass is 16.5. The molecule has 0 atom stereocenters. The third-order valence-electron chi connectivity index (χ3n) is 6.65. The van der Waals surface area contributed by atoms with Crippen LogP contribution in [0.25, 0.3) is 32.7 Å². The van der Waals surface area contributed by atoms with Crippen LogP contribution in [-0.2, 0) is 13.1 Å². The van der Waals surface area contributed by atoms with Gasteiger partial charge < -0.3 is 14.4 Å². The molecule has 33 heavy (non-hydrogen) atoms. The van der Waals surface area contributed by atoms with Crippen LogP contribution in [0.2, 0.25) is 0 Å². The summed E-state index contributed by atoms with van der Waals surface area (Å²) in [6.07, 6.45) is 3.69. The molecule has 0 aliphatic carbocycles. The summed E-state index contributed by atoms with van der Waals surface area (Å²) >= 11 is 0. The average molecular weight is 433 g/mol. The van der Waals surface area contributed by atoms with Crippen molar-refractivity contribution in [3.05, 3.63) is 96.3 Å². The summed E-state index contributed by atoms with van der Waals surface area (Å²) in [4.78, 5) is 6.60. The van der Waals surface area contributed by atoms with E-state index >= 15 is 0 Å². The van der Waals surface area contributed by atoms with E-state index in [1.54, 1.807) is 14.2 Å². The van der Waals surface area contributed by atoms with Gasteiger partial charge in [-0.15, -0.1) is 0 Å². The molecule has 162 valence electrons. The second-order valence-electron chi connectivity index (χ2n) is 8.37. The lowest BCUT2D eigenvalue weighted by molar-refractivity contribution is 0.408. The minimum Gasteiger partial charge on any atom is -0.496 e. The van der Waals surface area contributed by atoms with Crippen molar-refractivity contribution in [2.24, 2.45) is 0 Å². The molecule has 0 bridgehead atoms. The first-order valence-electron chi connectivity index (χ1n) is 11.1.